The molecular weight excluding hydrogens is 384 g/mol. The van der Waals surface area contributed by atoms with E-state index in [9.17, 15) is 14.4 Å². The second kappa shape index (κ2) is 8.44. The summed E-state index contributed by atoms with van der Waals surface area (Å²) in [6, 6.07) is 17.3. The quantitative estimate of drug-likeness (QED) is 0.516. The Kier molecular flexibility index (Phi) is 5.38. The third-order valence-corrected chi connectivity index (χ3v) is 4.46. The third-order valence-electron chi connectivity index (χ3n) is 4.46. The second-order valence-corrected chi connectivity index (χ2v) is 6.60. The summed E-state index contributed by atoms with van der Waals surface area (Å²) in [6.45, 7) is 0.116. The van der Waals surface area contributed by atoms with E-state index in [2.05, 4.69) is 15.6 Å². The molecule has 0 aliphatic carbocycles. The van der Waals surface area contributed by atoms with Crippen molar-refractivity contribution in [2.24, 2.45) is 0 Å². The average molecular weight is 402 g/mol. The first-order chi connectivity index (χ1) is 14.6. The highest BCUT2D eigenvalue weighted by molar-refractivity contribution is 6.02. The Morgan fingerprint density at radius 3 is 2.73 bits per heavy atom. The number of rotatable bonds is 6. The summed E-state index contributed by atoms with van der Waals surface area (Å²) in [5, 5.41) is 5.98. The summed E-state index contributed by atoms with van der Waals surface area (Å²) < 4.78 is 6.34. The Morgan fingerprint density at radius 1 is 1.03 bits per heavy atom. The van der Waals surface area contributed by atoms with Crippen LogP contribution in [0.25, 0.3) is 10.9 Å². The molecule has 2 heterocycles. The van der Waals surface area contributed by atoms with Crippen LogP contribution in [0, 0.1) is 0 Å². The molecule has 0 fully saturated rings. The molecule has 8 nitrogen and oxygen atoms in total. The lowest BCUT2D eigenvalue weighted by molar-refractivity contribution is -0.121. The molecule has 0 atom stereocenters. The van der Waals surface area contributed by atoms with Gasteiger partial charge in [-0.25, -0.2) is 4.98 Å². The number of para-hydroxylation sites is 1. The van der Waals surface area contributed by atoms with Crippen molar-refractivity contribution in [3.05, 3.63) is 94.9 Å². The first kappa shape index (κ1) is 19.1. The molecule has 4 aromatic rings. The number of benzene rings is 2. The molecule has 0 unspecified atom stereocenters. The molecule has 0 saturated carbocycles. The van der Waals surface area contributed by atoms with Crippen LogP contribution in [0.4, 0.5) is 5.69 Å². The van der Waals surface area contributed by atoms with Crippen LogP contribution in [0.1, 0.15) is 16.1 Å². The van der Waals surface area contributed by atoms with Crippen molar-refractivity contribution in [2.45, 2.75) is 13.1 Å². The van der Waals surface area contributed by atoms with Gasteiger partial charge in [0.25, 0.3) is 11.5 Å². The monoisotopic (exact) mass is 402 g/mol. The predicted molar refractivity (Wildman–Crippen MR) is 111 cm³/mol. The van der Waals surface area contributed by atoms with Gasteiger partial charge in [0.1, 0.15) is 6.54 Å². The van der Waals surface area contributed by atoms with E-state index in [1.54, 1.807) is 54.6 Å². The SMILES string of the molecule is O=C(Cn1cnc2ccccc2c1=O)NCc1cccc(NC(=O)c2ccco2)c1. The maximum atomic E-state index is 12.5. The molecule has 2 aromatic heterocycles. The number of nitrogens with zero attached hydrogens (tertiary/aromatic N) is 2. The number of hydrogen-bond donors (Lipinski definition) is 2. The Balaban J connectivity index is 1.38. The van der Waals surface area contributed by atoms with Crippen LogP contribution in [-0.2, 0) is 17.9 Å². The molecule has 0 aliphatic rings. The lowest BCUT2D eigenvalue weighted by Crippen LogP contribution is -2.32. The minimum atomic E-state index is -0.357. The van der Waals surface area contributed by atoms with E-state index < -0.39 is 0 Å². The largest absolute Gasteiger partial charge is 0.459 e. The molecule has 4 rings (SSSR count). The average Bonchev–Trinajstić information content (AvgIpc) is 3.30. The van der Waals surface area contributed by atoms with Crippen LogP contribution in [0.3, 0.4) is 0 Å². The Labute approximate surface area is 171 Å². The molecule has 2 amide bonds. The Hall–Kier alpha value is -4.20. The van der Waals surface area contributed by atoms with Gasteiger partial charge in [-0.3, -0.25) is 19.0 Å². The van der Waals surface area contributed by atoms with Gasteiger partial charge < -0.3 is 15.1 Å². The van der Waals surface area contributed by atoms with Crippen LogP contribution in [0.15, 0.2) is 82.5 Å². The minimum Gasteiger partial charge on any atom is -0.459 e. The van der Waals surface area contributed by atoms with Crippen LogP contribution in [0.5, 0.6) is 0 Å². The van der Waals surface area contributed by atoms with Gasteiger partial charge in [0.2, 0.25) is 5.91 Å². The topological polar surface area (TPSA) is 106 Å². The van der Waals surface area contributed by atoms with Gasteiger partial charge >= 0.3 is 0 Å². The van der Waals surface area contributed by atoms with E-state index in [-0.39, 0.29) is 36.2 Å². The van der Waals surface area contributed by atoms with E-state index in [4.69, 9.17) is 4.42 Å². The highest BCUT2D eigenvalue weighted by Crippen LogP contribution is 2.13. The Bertz CT molecular complexity index is 1260. The highest BCUT2D eigenvalue weighted by Gasteiger charge is 2.10. The van der Waals surface area contributed by atoms with E-state index in [0.29, 0.717) is 16.6 Å². The molecule has 2 N–H and O–H groups in total. The fourth-order valence-electron chi connectivity index (χ4n) is 2.99. The molecule has 150 valence electrons. The molecule has 0 spiro atoms. The number of fused-ring (bicyclic) bond motifs is 1. The number of hydrogen-bond acceptors (Lipinski definition) is 5. The fourth-order valence-corrected chi connectivity index (χ4v) is 2.99. The molecule has 8 heteroatoms. The zero-order valence-electron chi connectivity index (χ0n) is 15.9. The normalized spacial score (nSPS) is 10.7. The van der Waals surface area contributed by atoms with Gasteiger partial charge in [-0.15, -0.1) is 0 Å². The van der Waals surface area contributed by atoms with E-state index in [1.165, 1.54) is 17.2 Å². The predicted octanol–water partition coefficient (Wildman–Crippen LogP) is 2.56. The number of furan rings is 1. The standard InChI is InChI=1S/C22H18N4O4/c27-20(13-26-14-24-18-8-2-1-7-17(18)22(26)29)23-12-15-5-3-6-16(11-15)25-21(28)19-9-4-10-30-19/h1-11,14H,12-13H2,(H,23,27)(H,25,28). The van der Waals surface area contributed by atoms with Gasteiger partial charge in [-0.2, -0.15) is 0 Å². The summed E-state index contributed by atoms with van der Waals surface area (Å²) in [6.07, 6.45) is 2.80. The van der Waals surface area contributed by atoms with Crippen LogP contribution < -0.4 is 16.2 Å². The zero-order valence-corrected chi connectivity index (χ0v) is 15.9. The molecular formula is C22H18N4O4. The maximum absolute atomic E-state index is 12.5. The molecule has 30 heavy (non-hydrogen) atoms. The van der Waals surface area contributed by atoms with Gasteiger partial charge in [0.15, 0.2) is 5.76 Å². The second-order valence-electron chi connectivity index (χ2n) is 6.60. The van der Waals surface area contributed by atoms with Gasteiger partial charge in [0.05, 0.1) is 23.5 Å². The summed E-state index contributed by atoms with van der Waals surface area (Å²) in [5.74, 6) is -0.466. The molecule has 0 aliphatic heterocycles. The molecule has 0 radical (unpaired) electrons. The van der Waals surface area contributed by atoms with Crippen LogP contribution >= 0.6 is 0 Å². The Morgan fingerprint density at radius 2 is 1.90 bits per heavy atom. The zero-order chi connectivity index (χ0) is 20.9. The fraction of sp³-hybridized carbons (Fsp3) is 0.0909. The molecule has 2 aromatic carbocycles. The lowest BCUT2D eigenvalue weighted by atomic mass is 10.2. The number of anilines is 1. The smallest absolute Gasteiger partial charge is 0.291 e. The van der Waals surface area contributed by atoms with E-state index >= 15 is 0 Å². The number of carbonyl (C=O) groups is 2. The van der Waals surface area contributed by atoms with Crippen molar-refractivity contribution in [1.29, 1.82) is 0 Å². The summed E-state index contributed by atoms with van der Waals surface area (Å²) in [5.41, 5.74) is 1.70. The molecule has 0 saturated heterocycles. The first-order valence-corrected chi connectivity index (χ1v) is 9.25. The van der Waals surface area contributed by atoms with Crippen molar-refractivity contribution >= 4 is 28.4 Å². The van der Waals surface area contributed by atoms with E-state index in [1.807, 2.05) is 6.07 Å². The van der Waals surface area contributed by atoms with Gasteiger partial charge in [0, 0.05) is 12.2 Å². The van der Waals surface area contributed by atoms with Gasteiger partial charge in [-0.1, -0.05) is 24.3 Å². The number of aromatic nitrogens is 2. The van der Waals surface area contributed by atoms with Crippen molar-refractivity contribution < 1.29 is 14.0 Å². The van der Waals surface area contributed by atoms with Crippen molar-refractivity contribution in [3.8, 4) is 0 Å². The maximum Gasteiger partial charge on any atom is 0.291 e. The number of carbonyl (C=O) groups excluding carboxylic acids is 2. The summed E-state index contributed by atoms with van der Waals surface area (Å²) >= 11 is 0. The van der Waals surface area contributed by atoms with E-state index in [0.717, 1.165) is 5.56 Å². The number of nitrogens with one attached hydrogen (secondary N) is 2. The van der Waals surface area contributed by atoms with Crippen molar-refractivity contribution in [1.82, 2.24) is 14.9 Å². The third kappa shape index (κ3) is 4.27. The van der Waals surface area contributed by atoms with Crippen molar-refractivity contribution in [3.63, 3.8) is 0 Å². The highest BCUT2D eigenvalue weighted by atomic mass is 16.3. The first-order valence-electron chi connectivity index (χ1n) is 9.25. The van der Waals surface area contributed by atoms with Crippen LogP contribution in [0.2, 0.25) is 0 Å². The minimum absolute atomic E-state index is 0.133. The number of amides is 2. The summed E-state index contributed by atoms with van der Waals surface area (Å²) in [4.78, 5) is 41.1. The van der Waals surface area contributed by atoms with Crippen molar-refractivity contribution in [2.75, 3.05) is 5.32 Å². The summed E-state index contributed by atoms with van der Waals surface area (Å²) in [7, 11) is 0. The lowest BCUT2D eigenvalue weighted by Gasteiger charge is -2.09. The molecule has 0 bridgehead atoms. The van der Waals surface area contributed by atoms with Gasteiger partial charge in [-0.05, 0) is 42.0 Å². The van der Waals surface area contributed by atoms with Crippen LogP contribution in [-0.4, -0.2) is 21.4 Å².